The van der Waals surface area contributed by atoms with E-state index in [9.17, 15) is 0 Å². The Labute approximate surface area is 117 Å². The van der Waals surface area contributed by atoms with Gasteiger partial charge in [-0.05, 0) is 48.3 Å². The molecule has 1 aromatic carbocycles. The number of nitrogens with zero attached hydrogens (tertiary/aromatic N) is 1. The predicted molar refractivity (Wildman–Crippen MR) is 81.8 cm³/mol. The van der Waals surface area contributed by atoms with Crippen LogP contribution in [0.2, 0.25) is 0 Å². The van der Waals surface area contributed by atoms with Gasteiger partial charge in [0, 0.05) is 25.4 Å². The lowest BCUT2D eigenvalue weighted by Crippen LogP contribution is -2.35. The van der Waals surface area contributed by atoms with Crippen LogP contribution in [0.5, 0.6) is 0 Å². The Morgan fingerprint density at radius 1 is 1.21 bits per heavy atom. The Morgan fingerprint density at radius 3 is 2.47 bits per heavy atom. The van der Waals surface area contributed by atoms with Crippen LogP contribution in [0, 0.1) is 5.92 Å². The van der Waals surface area contributed by atoms with Crippen LogP contribution in [0.1, 0.15) is 45.6 Å². The number of benzene rings is 1. The summed E-state index contributed by atoms with van der Waals surface area (Å²) in [5.41, 5.74) is 2.94. The van der Waals surface area contributed by atoms with E-state index in [2.05, 4.69) is 49.9 Å². The molecule has 1 atom stereocenters. The number of anilines is 1. The zero-order chi connectivity index (χ0) is 13.9. The zero-order valence-corrected chi connectivity index (χ0v) is 12.5. The van der Waals surface area contributed by atoms with Crippen molar-refractivity contribution in [3.05, 3.63) is 29.8 Å². The van der Waals surface area contributed by atoms with Crippen LogP contribution in [0.25, 0.3) is 0 Å². The molecule has 1 unspecified atom stereocenters. The summed E-state index contributed by atoms with van der Waals surface area (Å²) in [7, 11) is 0. The molecule has 1 N–H and O–H groups in total. The van der Waals surface area contributed by atoms with Gasteiger partial charge < -0.3 is 10.0 Å². The van der Waals surface area contributed by atoms with Crippen LogP contribution < -0.4 is 4.90 Å². The highest BCUT2D eigenvalue weighted by atomic mass is 16.3. The Hall–Kier alpha value is -1.02. The highest BCUT2D eigenvalue weighted by molar-refractivity contribution is 5.49. The molecule has 0 radical (unpaired) electrons. The first kappa shape index (κ1) is 14.4. The van der Waals surface area contributed by atoms with Crippen molar-refractivity contribution < 1.29 is 5.11 Å². The van der Waals surface area contributed by atoms with E-state index in [1.807, 2.05) is 0 Å². The minimum absolute atomic E-state index is 0.222. The molecule has 106 valence electrons. The molecule has 2 nitrogen and oxygen atoms in total. The van der Waals surface area contributed by atoms with Gasteiger partial charge in [0.1, 0.15) is 0 Å². The summed E-state index contributed by atoms with van der Waals surface area (Å²) in [6.07, 6.45) is 3.44. The maximum absolute atomic E-state index is 9.08. The summed E-state index contributed by atoms with van der Waals surface area (Å²) in [6, 6.07) is 9.01. The smallest absolute Gasteiger partial charge is 0.0434 e. The van der Waals surface area contributed by atoms with Gasteiger partial charge in [-0.25, -0.2) is 0 Å². The third-order valence-corrected chi connectivity index (χ3v) is 4.15. The number of piperidine rings is 1. The first-order chi connectivity index (χ1) is 9.00. The molecular weight excluding hydrogens is 234 g/mol. The van der Waals surface area contributed by atoms with Gasteiger partial charge in [0.05, 0.1) is 0 Å². The molecule has 1 aliphatic heterocycles. The van der Waals surface area contributed by atoms with Gasteiger partial charge in [-0.1, -0.05) is 32.9 Å². The Kier molecular flexibility index (Phi) is 4.51. The number of rotatable bonds is 3. The van der Waals surface area contributed by atoms with Gasteiger partial charge >= 0.3 is 0 Å². The van der Waals surface area contributed by atoms with Crippen molar-refractivity contribution in [1.82, 2.24) is 0 Å². The molecular formula is C17H27NO. The second-order valence-corrected chi connectivity index (χ2v) is 6.76. The van der Waals surface area contributed by atoms with Gasteiger partial charge in [-0.2, -0.15) is 0 Å². The van der Waals surface area contributed by atoms with E-state index in [-0.39, 0.29) is 5.41 Å². The minimum atomic E-state index is 0.222. The fraction of sp³-hybridized carbons (Fsp3) is 0.647. The van der Waals surface area contributed by atoms with Gasteiger partial charge in [-0.3, -0.25) is 0 Å². The largest absolute Gasteiger partial charge is 0.396 e. The zero-order valence-electron chi connectivity index (χ0n) is 12.5. The lowest BCUT2D eigenvalue weighted by molar-refractivity contribution is 0.244. The lowest BCUT2D eigenvalue weighted by Gasteiger charge is -2.34. The normalized spacial score (nSPS) is 20.6. The Morgan fingerprint density at radius 2 is 1.89 bits per heavy atom. The molecule has 1 aromatic rings. The molecule has 0 bridgehead atoms. The van der Waals surface area contributed by atoms with Crippen LogP contribution >= 0.6 is 0 Å². The first-order valence-electron chi connectivity index (χ1n) is 7.47. The summed E-state index contributed by atoms with van der Waals surface area (Å²) >= 11 is 0. The van der Waals surface area contributed by atoms with Crippen molar-refractivity contribution in [2.45, 2.75) is 45.4 Å². The molecule has 2 heteroatoms. The van der Waals surface area contributed by atoms with Gasteiger partial charge in [0.2, 0.25) is 0 Å². The van der Waals surface area contributed by atoms with Crippen molar-refractivity contribution in [3.8, 4) is 0 Å². The van der Waals surface area contributed by atoms with E-state index >= 15 is 0 Å². The average molecular weight is 261 g/mol. The van der Waals surface area contributed by atoms with E-state index < -0.39 is 0 Å². The van der Waals surface area contributed by atoms with Crippen LogP contribution in [0.4, 0.5) is 5.69 Å². The molecule has 1 aliphatic rings. The molecule has 1 saturated heterocycles. The SMILES string of the molecule is CC(C)(C)c1ccc(N2CCCC(CCO)C2)cc1. The predicted octanol–water partition coefficient (Wildman–Crippen LogP) is 3.58. The highest BCUT2D eigenvalue weighted by Gasteiger charge is 2.20. The van der Waals surface area contributed by atoms with E-state index in [0.717, 1.165) is 19.5 Å². The van der Waals surface area contributed by atoms with Crippen LogP contribution in [0.3, 0.4) is 0 Å². The van der Waals surface area contributed by atoms with E-state index in [1.54, 1.807) is 0 Å². The van der Waals surface area contributed by atoms with Crippen molar-refractivity contribution in [2.75, 3.05) is 24.6 Å². The third-order valence-electron chi connectivity index (χ3n) is 4.15. The summed E-state index contributed by atoms with van der Waals surface area (Å²) in [5, 5.41) is 9.08. The first-order valence-corrected chi connectivity index (χ1v) is 7.47. The molecule has 19 heavy (non-hydrogen) atoms. The Bertz CT molecular complexity index is 389. The minimum Gasteiger partial charge on any atom is -0.396 e. The molecule has 0 aliphatic carbocycles. The molecule has 0 spiro atoms. The number of aliphatic hydroxyl groups excluding tert-OH is 1. The van der Waals surface area contributed by atoms with Crippen molar-refractivity contribution >= 4 is 5.69 Å². The van der Waals surface area contributed by atoms with Crippen molar-refractivity contribution in [3.63, 3.8) is 0 Å². The number of hydrogen-bond acceptors (Lipinski definition) is 2. The van der Waals surface area contributed by atoms with Crippen molar-refractivity contribution in [1.29, 1.82) is 0 Å². The van der Waals surface area contributed by atoms with E-state index in [4.69, 9.17) is 5.11 Å². The fourth-order valence-corrected chi connectivity index (χ4v) is 2.89. The molecule has 1 fully saturated rings. The van der Waals surface area contributed by atoms with E-state index in [0.29, 0.717) is 12.5 Å². The van der Waals surface area contributed by atoms with Crippen LogP contribution in [-0.4, -0.2) is 24.8 Å². The summed E-state index contributed by atoms with van der Waals surface area (Å²) in [6.45, 7) is 9.31. The quantitative estimate of drug-likeness (QED) is 0.899. The number of aliphatic hydroxyl groups is 1. The standard InChI is InChI=1S/C17H27NO/c1-17(2,3)15-6-8-16(9-7-15)18-11-4-5-14(13-18)10-12-19/h6-9,14,19H,4-5,10-13H2,1-3H3. The Balaban J connectivity index is 2.05. The summed E-state index contributed by atoms with van der Waals surface area (Å²) in [5.74, 6) is 0.654. The highest BCUT2D eigenvalue weighted by Crippen LogP contribution is 2.28. The lowest BCUT2D eigenvalue weighted by atomic mass is 9.87. The monoisotopic (exact) mass is 261 g/mol. The maximum Gasteiger partial charge on any atom is 0.0434 e. The van der Waals surface area contributed by atoms with Gasteiger partial charge in [0.15, 0.2) is 0 Å². The average Bonchev–Trinajstić information content (AvgIpc) is 2.39. The molecule has 0 amide bonds. The number of hydrogen-bond donors (Lipinski definition) is 1. The second-order valence-electron chi connectivity index (χ2n) is 6.76. The maximum atomic E-state index is 9.08. The molecule has 0 aromatic heterocycles. The molecule has 0 saturated carbocycles. The summed E-state index contributed by atoms with van der Waals surface area (Å²) in [4.78, 5) is 2.47. The van der Waals surface area contributed by atoms with Crippen molar-refractivity contribution in [2.24, 2.45) is 5.92 Å². The topological polar surface area (TPSA) is 23.5 Å². The van der Waals surface area contributed by atoms with E-state index in [1.165, 1.54) is 24.1 Å². The van der Waals surface area contributed by atoms with Crippen LogP contribution in [-0.2, 0) is 5.41 Å². The van der Waals surface area contributed by atoms with Gasteiger partial charge in [0.25, 0.3) is 0 Å². The summed E-state index contributed by atoms with van der Waals surface area (Å²) < 4.78 is 0. The fourth-order valence-electron chi connectivity index (χ4n) is 2.89. The van der Waals surface area contributed by atoms with Gasteiger partial charge in [-0.15, -0.1) is 0 Å². The third kappa shape index (κ3) is 3.73. The molecule has 2 rings (SSSR count). The molecule has 1 heterocycles. The van der Waals surface area contributed by atoms with Crippen LogP contribution in [0.15, 0.2) is 24.3 Å². The second kappa shape index (κ2) is 5.96.